The first-order valence-corrected chi connectivity index (χ1v) is 4.54. The van der Waals surface area contributed by atoms with E-state index in [1.54, 1.807) is 11.9 Å². The van der Waals surface area contributed by atoms with Crippen molar-refractivity contribution >= 4 is 11.9 Å². The first-order valence-electron chi connectivity index (χ1n) is 3.72. The molecule has 1 heterocycles. The Morgan fingerprint density at radius 1 is 1.75 bits per heavy atom. The summed E-state index contributed by atoms with van der Waals surface area (Å²) in [4.78, 5) is 4.01. The highest BCUT2D eigenvalue weighted by molar-refractivity contribution is 8.01. The Balaban J connectivity index is 2.34. The number of allylic oxidation sites excluding steroid dienone is 1. The molecule has 2 atom stereocenters. The average Bonchev–Trinajstić information content (AvgIpc) is 2.33. The van der Waals surface area contributed by atoms with Gasteiger partial charge in [0.15, 0.2) is 0 Å². The van der Waals surface area contributed by atoms with Gasteiger partial charge in [-0.15, -0.1) is 0 Å². The van der Waals surface area contributed by atoms with Crippen molar-refractivity contribution in [3.63, 3.8) is 0 Å². The minimum absolute atomic E-state index is 0.329. The lowest BCUT2D eigenvalue weighted by Gasteiger charge is -2.14. The lowest BCUT2D eigenvalue weighted by atomic mass is 9.97. The number of fused-ring (bicyclic) bond motifs is 2. The van der Waals surface area contributed by atoms with Gasteiger partial charge < -0.3 is 0 Å². The second-order valence-corrected chi connectivity index (χ2v) is 3.77. The molecular formula is C7H8N4S. The van der Waals surface area contributed by atoms with E-state index in [0.29, 0.717) is 12.0 Å². The summed E-state index contributed by atoms with van der Waals surface area (Å²) in [6, 6.07) is 0.329. The molecule has 12 heavy (non-hydrogen) atoms. The molecule has 2 unspecified atom stereocenters. The van der Waals surface area contributed by atoms with Crippen LogP contribution in [0.2, 0.25) is 0 Å². The Kier molecular flexibility index (Phi) is 1.84. The number of nitrogens with zero attached hydrogens (tertiary/aromatic N) is 3. The van der Waals surface area contributed by atoms with Crippen molar-refractivity contribution in [3.8, 4) is 0 Å². The minimum atomic E-state index is 0.329. The largest absolute Gasteiger partial charge is 0.253 e. The van der Waals surface area contributed by atoms with E-state index in [1.807, 2.05) is 12.2 Å². The van der Waals surface area contributed by atoms with Crippen molar-refractivity contribution in [1.29, 1.82) is 0 Å². The molecule has 2 rings (SSSR count). The molecule has 0 aromatic heterocycles. The van der Waals surface area contributed by atoms with Gasteiger partial charge in [0.1, 0.15) is 0 Å². The summed E-state index contributed by atoms with van der Waals surface area (Å²) in [6.07, 6.45) is 3.90. The zero-order valence-corrected chi connectivity index (χ0v) is 7.38. The fourth-order valence-corrected chi connectivity index (χ4v) is 2.40. The highest BCUT2D eigenvalue weighted by Gasteiger charge is 2.29. The van der Waals surface area contributed by atoms with Gasteiger partial charge in [0.25, 0.3) is 0 Å². The molecular weight excluding hydrogens is 172 g/mol. The van der Waals surface area contributed by atoms with E-state index in [1.165, 1.54) is 4.91 Å². The zero-order valence-electron chi connectivity index (χ0n) is 6.56. The van der Waals surface area contributed by atoms with Crippen LogP contribution in [0.1, 0.15) is 6.92 Å². The number of hydrogen-bond acceptors (Lipinski definition) is 3. The van der Waals surface area contributed by atoms with E-state index < -0.39 is 0 Å². The van der Waals surface area contributed by atoms with Crippen LogP contribution in [0, 0.1) is 5.92 Å². The summed E-state index contributed by atoms with van der Waals surface area (Å²) in [5, 5.41) is 3.57. The molecule has 1 aliphatic heterocycles. The molecule has 1 aliphatic carbocycles. The maximum absolute atomic E-state index is 8.24. The number of rotatable bonds is 1. The summed E-state index contributed by atoms with van der Waals surface area (Å²) in [5.74, 6) is 0.521. The Morgan fingerprint density at radius 2 is 2.58 bits per heavy atom. The number of azide groups is 1. The van der Waals surface area contributed by atoms with Gasteiger partial charge in [0.2, 0.25) is 0 Å². The fraction of sp³-hybridized carbons (Fsp3) is 0.429. The first-order chi connectivity index (χ1) is 5.81. The van der Waals surface area contributed by atoms with Crippen molar-refractivity contribution in [2.75, 3.05) is 0 Å². The quantitative estimate of drug-likeness (QED) is 0.291. The Morgan fingerprint density at radius 3 is 3.25 bits per heavy atom. The first kappa shape index (κ1) is 7.73. The van der Waals surface area contributed by atoms with Crippen molar-refractivity contribution in [3.05, 3.63) is 33.2 Å². The number of hydrogen-bond donors (Lipinski definition) is 1. The van der Waals surface area contributed by atoms with Crippen LogP contribution in [0.5, 0.6) is 0 Å². The van der Waals surface area contributed by atoms with Gasteiger partial charge in [0, 0.05) is 27.5 Å². The summed E-state index contributed by atoms with van der Waals surface area (Å²) in [7, 11) is 0. The normalized spacial score (nSPS) is 32.1. The highest BCUT2D eigenvalue weighted by Crippen LogP contribution is 2.38. The van der Waals surface area contributed by atoms with Crippen LogP contribution in [-0.4, -0.2) is 6.04 Å². The summed E-state index contributed by atoms with van der Waals surface area (Å²) < 4.78 is 3.25. The van der Waals surface area contributed by atoms with Gasteiger partial charge in [-0.25, -0.2) is 0 Å². The standard InChI is InChI=1S/C7H8N4S/c1-4-6-2-5(9-11-8)3-7(4)12-10-6/h2-4,6,10H,1H3. The fourth-order valence-electron chi connectivity index (χ4n) is 1.34. The number of nitrogens with one attached hydrogen (secondary N) is 1. The van der Waals surface area contributed by atoms with E-state index >= 15 is 0 Å². The third-order valence-corrected chi connectivity index (χ3v) is 3.22. The summed E-state index contributed by atoms with van der Waals surface area (Å²) in [6.45, 7) is 2.16. The molecule has 1 fully saturated rings. The van der Waals surface area contributed by atoms with Gasteiger partial charge in [0.05, 0.1) is 0 Å². The SMILES string of the molecule is CC1C2=CC(N=[N+]=[N-])=CC1NS2. The Bertz CT molecular complexity index is 313. The second-order valence-electron chi connectivity index (χ2n) is 2.86. The lowest BCUT2D eigenvalue weighted by molar-refractivity contribution is 0.607. The van der Waals surface area contributed by atoms with Gasteiger partial charge >= 0.3 is 0 Å². The van der Waals surface area contributed by atoms with Crippen LogP contribution >= 0.6 is 11.9 Å². The monoisotopic (exact) mass is 180 g/mol. The predicted octanol–water partition coefficient (Wildman–Crippen LogP) is 2.33. The molecule has 62 valence electrons. The molecule has 0 aromatic rings. The topological polar surface area (TPSA) is 60.8 Å². The molecule has 0 saturated carbocycles. The van der Waals surface area contributed by atoms with E-state index in [4.69, 9.17) is 5.53 Å². The predicted molar refractivity (Wildman–Crippen MR) is 49.0 cm³/mol. The Hall–Kier alpha value is -0.900. The maximum Gasteiger partial charge on any atom is 0.0434 e. The van der Waals surface area contributed by atoms with Gasteiger partial charge in [-0.1, -0.05) is 18.1 Å². The van der Waals surface area contributed by atoms with Crippen molar-refractivity contribution in [1.82, 2.24) is 4.72 Å². The van der Waals surface area contributed by atoms with Gasteiger partial charge in [-0.05, 0) is 23.6 Å². The van der Waals surface area contributed by atoms with Crippen LogP contribution < -0.4 is 4.72 Å². The lowest BCUT2D eigenvalue weighted by Crippen LogP contribution is -2.22. The molecule has 2 aliphatic rings. The summed E-state index contributed by atoms with van der Waals surface area (Å²) in [5.41, 5.74) is 8.97. The van der Waals surface area contributed by atoms with Crippen molar-refractivity contribution in [2.24, 2.45) is 11.0 Å². The van der Waals surface area contributed by atoms with E-state index in [2.05, 4.69) is 21.7 Å². The van der Waals surface area contributed by atoms with Gasteiger partial charge in [-0.3, -0.25) is 4.72 Å². The molecule has 5 heteroatoms. The van der Waals surface area contributed by atoms with Crippen LogP contribution in [0.4, 0.5) is 0 Å². The van der Waals surface area contributed by atoms with E-state index in [-0.39, 0.29) is 0 Å². The van der Waals surface area contributed by atoms with E-state index in [9.17, 15) is 0 Å². The molecule has 0 amide bonds. The van der Waals surface area contributed by atoms with Crippen LogP contribution in [0.15, 0.2) is 27.9 Å². The van der Waals surface area contributed by atoms with Crippen molar-refractivity contribution in [2.45, 2.75) is 13.0 Å². The Labute approximate surface area is 74.5 Å². The molecule has 1 N–H and O–H groups in total. The molecule has 0 spiro atoms. The molecule has 1 saturated heterocycles. The average molecular weight is 180 g/mol. The van der Waals surface area contributed by atoms with Crippen molar-refractivity contribution < 1.29 is 0 Å². The summed E-state index contributed by atoms with van der Waals surface area (Å²) >= 11 is 1.63. The highest BCUT2D eigenvalue weighted by atomic mass is 32.2. The van der Waals surface area contributed by atoms with Crippen LogP contribution in [0.3, 0.4) is 0 Å². The molecule has 2 bridgehead atoms. The van der Waals surface area contributed by atoms with Crippen LogP contribution in [0.25, 0.3) is 10.4 Å². The third kappa shape index (κ3) is 1.12. The van der Waals surface area contributed by atoms with Crippen LogP contribution in [-0.2, 0) is 0 Å². The van der Waals surface area contributed by atoms with E-state index in [0.717, 1.165) is 5.70 Å². The third-order valence-electron chi connectivity index (χ3n) is 2.10. The smallest absolute Gasteiger partial charge is 0.0434 e. The maximum atomic E-state index is 8.24. The minimum Gasteiger partial charge on any atom is -0.253 e. The van der Waals surface area contributed by atoms with Gasteiger partial charge in [-0.2, -0.15) is 0 Å². The molecule has 0 aromatic carbocycles. The zero-order chi connectivity index (χ0) is 8.55. The molecule has 0 radical (unpaired) electrons. The molecule has 4 nitrogen and oxygen atoms in total. The second kappa shape index (κ2) is 2.86.